The van der Waals surface area contributed by atoms with Crippen molar-refractivity contribution in [1.82, 2.24) is 0 Å². The number of amides is 2. The maximum absolute atomic E-state index is 12.2. The van der Waals surface area contributed by atoms with Crippen molar-refractivity contribution in [3.05, 3.63) is 24.3 Å². The van der Waals surface area contributed by atoms with E-state index in [-0.39, 0.29) is 13.2 Å². The molecule has 24 heavy (non-hydrogen) atoms. The molecule has 0 radical (unpaired) electrons. The van der Waals surface area contributed by atoms with Crippen molar-refractivity contribution in [1.29, 1.82) is 0 Å². The van der Waals surface area contributed by atoms with Gasteiger partial charge in [0.25, 0.3) is 0 Å². The van der Waals surface area contributed by atoms with E-state index in [2.05, 4.69) is 18.7 Å². The topological polar surface area (TPSA) is 59.1 Å². The van der Waals surface area contributed by atoms with E-state index in [1.165, 1.54) is 0 Å². The summed E-state index contributed by atoms with van der Waals surface area (Å²) in [6.45, 7) is 10.2. The van der Waals surface area contributed by atoms with Crippen LogP contribution in [0.4, 0.5) is 21.0 Å². The number of carbonyl (C=O) groups excluding carboxylic acids is 2. The first-order valence-corrected chi connectivity index (χ1v) is 8.57. The number of imide groups is 1. The molecule has 2 amide bonds. The van der Waals surface area contributed by atoms with Gasteiger partial charge in [-0.25, -0.2) is 9.59 Å². The molecule has 6 heteroatoms. The Morgan fingerprint density at radius 1 is 0.792 bits per heavy atom. The van der Waals surface area contributed by atoms with Crippen molar-refractivity contribution in [2.75, 3.05) is 36.1 Å². The van der Waals surface area contributed by atoms with Crippen LogP contribution in [-0.2, 0) is 9.47 Å². The minimum Gasteiger partial charge on any atom is -0.449 e. The summed E-state index contributed by atoms with van der Waals surface area (Å²) in [4.78, 5) is 27.6. The maximum Gasteiger partial charge on any atom is 0.424 e. The summed E-state index contributed by atoms with van der Waals surface area (Å²) >= 11 is 0. The molecule has 0 heterocycles. The van der Waals surface area contributed by atoms with Crippen LogP contribution in [0.3, 0.4) is 0 Å². The summed E-state index contributed by atoms with van der Waals surface area (Å²) in [5, 5.41) is 0. The van der Waals surface area contributed by atoms with Gasteiger partial charge in [0.1, 0.15) is 0 Å². The fourth-order valence-electron chi connectivity index (χ4n) is 2.19. The molecular weight excluding hydrogens is 308 g/mol. The van der Waals surface area contributed by atoms with Gasteiger partial charge in [-0.05, 0) is 51.0 Å². The first-order chi connectivity index (χ1) is 11.6. The SMILES string of the molecule is CCCOC(=O)N(C(=O)OCCC)c1ccc(N(CC)CC)cc1. The molecule has 0 fully saturated rings. The summed E-state index contributed by atoms with van der Waals surface area (Å²) in [6, 6.07) is 7.23. The van der Waals surface area contributed by atoms with Crippen molar-refractivity contribution in [2.45, 2.75) is 40.5 Å². The number of ether oxygens (including phenoxy) is 2. The minimum atomic E-state index is -0.714. The molecule has 0 bridgehead atoms. The van der Waals surface area contributed by atoms with E-state index in [9.17, 15) is 9.59 Å². The maximum atomic E-state index is 12.2. The number of nitrogens with zero attached hydrogens (tertiary/aromatic N) is 2. The summed E-state index contributed by atoms with van der Waals surface area (Å²) in [5.41, 5.74) is 1.47. The van der Waals surface area contributed by atoms with Crippen LogP contribution >= 0.6 is 0 Å². The second-order valence-corrected chi connectivity index (χ2v) is 5.25. The molecule has 0 atom stereocenters. The van der Waals surface area contributed by atoms with Crippen LogP contribution in [0, 0.1) is 0 Å². The fraction of sp³-hybridized carbons (Fsp3) is 0.556. The highest BCUT2D eigenvalue weighted by atomic mass is 16.6. The molecule has 0 unspecified atom stereocenters. The number of anilines is 2. The Hall–Kier alpha value is -2.24. The van der Waals surface area contributed by atoms with Crippen LogP contribution in [0.25, 0.3) is 0 Å². The average Bonchev–Trinajstić information content (AvgIpc) is 2.60. The lowest BCUT2D eigenvalue weighted by Crippen LogP contribution is -2.38. The highest BCUT2D eigenvalue weighted by molar-refractivity contribution is 6.09. The summed E-state index contributed by atoms with van der Waals surface area (Å²) in [7, 11) is 0. The van der Waals surface area contributed by atoms with Crippen LogP contribution in [0.1, 0.15) is 40.5 Å². The van der Waals surface area contributed by atoms with Crippen molar-refractivity contribution in [3.63, 3.8) is 0 Å². The molecule has 0 aliphatic heterocycles. The zero-order chi connectivity index (χ0) is 17.9. The third-order valence-corrected chi connectivity index (χ3v) is 3.46. The molecular formula is C18H28N2O4. The molecule has 0 N–H and O–H groups in total. The Kier molecular flexibility index (Phi) is 8.68. The number of carbonyl (C=O) groups is 2. The van der Waals surface area contributed by atoms with E-state index in [1.54, 1.807) is 12.1 Å². The smallest absolute Gasteiger partial charge is 0.424 e. The number of benzene rings is 1. The van der Waals surface area contributed by atoms with Crippen molar-refractivity contribution >= 4 is 23.6 Å². The van der Waals surface area contributed by atoms with Gasteiger partial charge in [-0.1, -0.05) is 13.8 Å². The van der Waals surface area contributed by atoms with Gasteiger partial charge in [0.2, 0.25) is 0 Å². The fourth-order valence-corrected chi connectivity index (χ4v) is 2.19. The predicted molar refractivity (Wildman–Crippen MR) is 95.8 cm³/mol. The average molecular weight is 336 g/mol. The molecule has 0 saturated heterocycles. The molecule has 0 spiro atoms. The molecule has 1 aromatic rings. The lowest BCUT2D eigenvalue weighted by atomic mass is 10.2. The Morgan fingerprint density at radius 2 is 1.21 bits per heavy atom. The standard InChI is InChI=1S/C18H28N2O4/c1-5-13-23-17(21)20(18(22)24-14-6-2)16-11-9-15(10-12-16)19(7-3)8-4/h9-12H,5-8,13-14H2,1-4H3. The third-order valence-electron chi connectivity index (χ3n) is 3.46. The van der Waals surface area contributed by atoms with Gasteiger partial charge >= 0.3 is 12.2 Å². The molecule has 1 aromatic carbocycles. The van der Waals surface area contributed by atoms with E-state index >= 15 is 0 Å². The second-order valence-electron chi connectivity index (χ2n) is 5.25. The zero-order valence-electron chi connectivity index (χ0n) is 15.1. The highest BCUT2D eigenvalue weighted by Crippen LogP contribution is 2.22. The van der Waals surface area contributed by atoms with Gasteiger partial charge in [-0.15, -0.1) is 0 Å². The van der Waals surface area contributed by atoms with Crippen LogP contribution in [-0.4, -0.2) is 38.5 Å². The quantitative estimate of drug-likeness (QED) is 0.703. The van der Waals surface area contributed by atoms with E-state index in [1.807, 2.05) is 26.0 Å². The minimum absolute atomic E-state index is 0.258. The molecule has 0 aliphatic rings. The lowest BCUT2D eigenvalue weighted by Gasteiger charge is -2.23. The number of hydrogen-bond donors (Lipinski definition) is 0. The van der Waals surface area contributed by atoms with E-state index in [0.29, 0.717) is 18.5 Å². The van der Waals surface area contributed by atoms with E-state index in [4.69, 9.17) is 9.47 Å². The van der Waals surface area contributed by atoms with Crippen LogP contribution in [0.5, 0.6) is 0 Å². The monoisotopic (exact) mass is 336 g/mol. The summed E-state index contributed by atoms with van der Waals surface area (Å²) < 4.78 is 10.2. The van der Waals surface area contributed by atoms with Crippen molar-refractivity contribution in [2.24, 2.45) is 0 Å². The normalized spacial score (nSPS) is 10.2. The lowest BCUT2D eigenvalue weighted by molar-refractivity contribution is 0.134. The molecule has 1 rings (SSSR count). The second kappa shape index (κ2) is 10.5. The Labute approximate surface area is 144 Å². The zero-order valence-corrected chi connectivity index (χ0v) is 15.1. The summed E-state index contributed by atoms with van der Waals surface area (Å²) in [6.07, 6.45) is -0.0586. The van der Waals surface area contributed by atoms with Crippen LogP contribution in [0.15, 0.2) is 24.3 Å². The molecule has 0 aliphatic carbocycles. The van der Waals surface area contributed by atoms with Gasteiger partial charge in [-0.2, -0.15) is 4.90 Å². The van der Waals surface area contributed by atoms with E-state index < -0.39 is 12.2 Å². The molecule has 134 valence electrons. The molecule has 6 nitrogen and oxygen atoms in total. The van der Waals surface area contributed by atoms with Gasteiger partial charge in [-0.3, -0.25) is 0 Å². The Morgan fingerprint density at radius 3 is 1.58 bits per heavy atom. The van der Waals surface area contributed by atoms with E-state index in [0.717, 1.165) is 23.7 Å². The molecule has 0 saturated carbocycles. The first kappa shape index (κ1) is 19.8. The van der Waals surface area contributed by atoms with Gasteiger partial charge in [0.05, 0.1) is 18.9 Å². The van der Waals surface area contributed by atoms with Gasteiger partial charge < -0.3 is 14.4 Å². The Balaban J connectivity index is 3.00. The Bertz CT molecular complexity index is 492. The summed E-state index contributed by atoms with van der Waals surface area (Å²) in [5.74, 6) is 0. The largest absolute Gasteiger partial charge is 0.449 e. The van der Waals surface area contributed by atoms with Gasteiger partial charge in [0, 0.05) is 18.8 Å². The highest BCUT2D eigenvalue weighted by Gasteiger charge is 2.26. The van der Waals surface area contributed by atoms with Crippen molar-refractivity contribution < 1.29 is 19.1 Å². The van der Waals surface area contributed by atoms with Crippen LogP contribution in [0.2, 0.25) is 0 Å². The van der Waals surface area contributed by atoms with Crippen molar-refractivity contribution in [3.8, 4) is 0 Å². The van der Waals surface area contributed by atoms with Crippen LogP contribution < -0.4 is 9.80 Å². The number of rotatable bonds is 8. The predicted octanol–water partition coefficient (Wildman–Crippen LogP) is 4.43. The number of hydrogen-bond acceptors (Lipinski definition) is 5. The third kappa shape index (κ3) is 5.44. The first-order valence-electron chi connectivity index (χ1n) is 8.57. The molecule has 0 aromatic heterocycles. The van der Waals surface area contributed by atoms with Gasteiger partial charge in [0.15, 0.2) is 0 Å².